The van der Waals surface area contributed by atoms with E-state index in [9.17, 15) is 13.2 Å². The molecule has 5 N–H and O–H groups in total. The van der Waals surface area contributed by atoms with Gasteiger partial charge in [0.25, 0.3) is 0 Å². The van der Waals surface area contributed by atoms with E-state index >= 15 is 0 Å². The molecule has 1 amide bonds. The van der Waals surface area contributed by atoms with E-state index in [1.165, 1.54) is 0 Å². The van der Waals surface area contributed by atoms with E-state index in [0.717, 1.165) is 0 Å². The molecule has 0 atom stereocenters. The maximum atomic E-state index is 11.4. The second-order valence-electron chi connectivity index (χ2n) is 3.63. The average Bonchev–Trinajstić information content (AvgIpc) is 2.16. The van der Waals surface area contributed by atoms with Crippen molar-refractivity contribution in [3.05, 3.63) is 0 Å². The number of hydrogen-bond acceptors (Lipinski definition) is 4. The third kappa shape index (κ3) is 9.88. The molecule has 96 valence electrons. The largest absolute Gasteiger partial charge is 0.370 e. The summed E-state index contributed by atoms with van der Waals surface area (Å²) in [7, 11) is -3.18. The van der Waals surface area contributed by atoms with Gasteiger partial charge >= 0.3 is 0 Å². The molecule has 0 aliphatic heterocycles. The number of nitrogens with two attached hydrogens (primary N) is 2. The van der Waals surface area contributed by atoms with Crippen LogP contribution in [0.2, 0.25) is 0 Å². The molecule has 7 heteroatoms. The van der Waals surface area contributed by atoms with Crippen molar-refractivity contribution in [2.24, 2.45) is 11.5 Å². The van der Waals surface area contributed by atoms with Crippen molar-refractivity contribution in [3.63, 3.8) is 0 Å². The fraction of sp³-hybridized carbons (Fsp3) is 0.889. The minimum absolute atomic E-state index is 0.111. The SMILES string of the molecule is NCCCCS(=O)(=O)NCCCCC(N)=O. The number of hydrogen-bond donors (Lipinski definition) is 3. The maximum absolute atomic E-state index is 11.4. The van der Waals surface area contributed by atoms with Crippen LogP contribution in [0.5, 0.6) is 0 Å². The highest BCUT2D eigenvalue weighted by Gasteiger charge is 2.08. The van der Waals surface area contributed by atoms with Gasteiger partial charge in [0.15, 0.2) is 0 Å². The summed E-state index contributed by atoms with van der Waals surface area (Å²) < 4.78 is 25.2. The second-order valence-corrected chi connectivity index (χ2v) is 5.56. The van der Waals surface area contributed by atoms with E-state index in [0.29, 0.717) is 45.2 Å². The summed E-state index contributed by atoms with van der Waals surface area (Å²) >= 11 is 0. The fourth-order valence-corrected chi connectivity index (χ4v) is 2.34. The summed E-state index contributed by atoms with van der Waals surface area (Å²) in [6.07, 6.45) is 2.82. The first-order valence-corrected chi connectivity index (χ1v) is 7.09. The van der Waals surface area contributed by atoms with E-state index in [2.05, 4.69) is 4.72 Å². The minimum Gasteiger partial charge on any atom is -0.370 e. The lowest BCUT2D eigenvalue weighted by Crippen LogP contribution is -2.27. The molecular formula is C9H21N3O3S. The Morgan fingerprint density at radius 2 is 1.81 bits per heavy atom. The predicted octanol–water partition coefficient (Wildman–Crippen LogP) is -0.700. The summed E-state index contributed by atoms with van der Waals surface area (Å²) in [5.74, 6) is -0.245. The first kappa shape index (κ1) is 15.3. The molecule has 0 aromatic heterocycles. The van der Waals surface area contributed by atoms with Gasteiger partial charge in [-0.3, -0.25) is 4.79 Å². The standard InChI is InChI=1S/C9H21N3O3S/c10-6-2-4-8-16(14,15)12-7-3-1-5-9(11)13/h12H,1-8,10H2,(H2,11,13). The normalized spacial score (nSPS) is 11.6. The van der Waals surface area contributed by atoms with Crippen molar-refractivity contribution >= 4 is 15.9 Å². The highest BCUT2D eigenvalue weighted by Crippen LogP contribution is 1.96. The number of amides is 1. The third-order valence-corrected chi connectivity index (χ3v) is 3.51. The monoisotopic (exact) mass is 251 g/mol. The lowest BCUT2D eigenvalue weighted by Gasteiger charge is -2.05. The Bertz CT molecular complexity index is 290. The van der Waals surface area contributed by atoms with Crippen LogP contribution in [0.3, 0.4) is 0 Å². The summed E-state index contributed by atoms with van der Waals surface area (Å²) in [6.45, 7) is 0.867. The quantitative estimate of drug-likeness (QED) is 0.445. The van der Waals surface area contributed by atoms with Gasteiger partial charge in [0.1, 0.15) is 0 Å². The second kappa shape index (κ2) is 8.49. The van der Waals surface area contributed by atoms with Crippen molar-refractivity contribution < 1.29 is 13.2 Å². The highest BCUT2D eigenvalue weighted by molar-refractivity contribution is 7.89. The maximum Gasteiger partial charge on any atom is 0.217 e. The van der Waals surface area contributed by atoms with Crippen molar-refractivity contribution in [3.8, 4) is 0 Å². The number of carbonyl (C=O) groups excluding carboxylic acids is 1. The summed E-state index contributed by atoms with van der Waals surface area (Å²) in [5, 5.41) is 0. The van der Waals surface area contributed by atoms with Gasteiger partial charge in [-0.25, -0.2) is 13.1 Å². The first-order valence-electron chi connectivity index (χ1n) is 5.43. The van der Waals surface area contributed by atoms with Gasteiger partial charge in [0.05, 0.1) is 5.75 Å². The number of primary amides is 1. The third-order valence-electron chi connectivity index (χ3n) is 2.04. The van der Waals surface area contributed by atoms with Crippen LogP contribution in [0.15, 0.2) is 0 Å². The van der Waals surface area contributed by atoms with Crippen LogP contribution in [-0.4, -0.2) is 33.2 Å². The molecule has 0 bridgehead atoms. The number of carbonyl (C=O) groups is 1. The molecule has 0 saturated heterocycles. The van der Waals surface area contributed by atoms with Crippen LogP contribution in [0, 0.1) is 0 Å². The smallest absolute Gasteiger partial charge is 0.217 e. The molecule has 0 unspecified atom stereocenters. The molecule has 0 aromatic carbocycles. The zero-order chi connectivity index (χ0) is 12.4. The van der Waals surface area contributed by atoms with Crippen LogP contribution in [0.1, 0.15) is 32.1 Å². The molecule has 0 spiro atoms. The lowest BCUT2D eigenvalue weighted by atomic mass is 10.2. The Morgan fingerprint density at radius 1 is 1.12 bits per heavy atom. The molecule has 0 fully saturated rings. The van der Waals surface area contributed by atoms with Crippen LogP contribution >= 0.6 is 0 Å². The van der Waals surface area contributed by atoms with Gasteiger partial charge < -0.3 is 11.5 Å². The van der Waals surface area contributed by atoms with Crippen LogP contribution in [0.4, 0.5) is 0 Å². The number of rotatable bonds is 10. The van der Waals surface area contributed by atoms with Crippen LogP contribution < -0.4 is 16.2 Å². The Morgan fingerprint density at radius 3 is 2.38 bits per heavy atom. The highest BCUT2D eigenvalue weighted by atomic mass is 32.2. The number of nitrogens with one attached hydrogen (secondary N) is 1. The van der Waals surface area contributed by atoms with Gasteiger partial charge in [0.2, 0.25) is 15.9 Å². The topological polar surface area (TPSA) is 115 Å². The van der Waals surface area contributed by atoms with Gasteiger partial charge in [-0.2, -0.15) is 0 Å². The van der Waals surface area contributed by atoms with Gasteiger partial charge in [-0.15, -0.1) is 0 Å². The Kier molecular flexibility index (Phi) is 8.14. The Labute approximate surface area is 96.8 Å². The molecular weight excluding hydrogens is 230 g/mol. The van der Waals surface area contributed by atoms with E-state index in [1.54, 1.807) is 0 Å². The minimum atomic E-state index is -3.18. The van der Waals surface area contributed by atoms with Gasteiger partial charge in [-0.05, 0) is 32.2 Å². The molecule has 0 aliphatic rings. The molecule has 16 heavy (non-hydrogen) atoms. The molecule has 0 aromatic rings. The van der Waals surface area contributed by atoms with E-state index in [4.69, 9.17) is 11.5 Å². The summed E-state index contributed by atoms with van der Waals surface area (Å²) in [6, 6.07) is 0. The van der Waals surface area contributed by atoms with Crippen molar-refractivity contribution in [2.45, 2.75) is 32.1 Å². The molecule has 0 rings (SSSR count). The van der Waals surface area contributed by atoms with Gasteiger partial charge in [0, 0.05) is 13.0 Å². The Hall–Kier alpha value is -0.660. The fourth-order valence-electron chi connectivity index (χ4n) is 1.16. The molecule has 0 radical (unpaired) electrons. The van der Waals surface area contributed by atoms with Crippen molar-refractivity contribution in [1.82, 2.24) is 4.72 Å². The molecule has 6 nitrogen and oxygen atoms in total. The average molecular weight is 251 g/mol. The van der Waals surface area contributed by atoms with E-state index in [-0.39, 0.29) is 11.7 Å². The van der Waals surface area contributed by atoms with Crippen LogP contribution in [-0.2, 0) is 14.8 Å². The van der Waals surface area contributed by atoms with E-state index in [1.807, 2.05) is 0 Å². The number of sulfonamides is 1. The number of unbranched alkanes of at least 4 members (excludes halogenated alkanes) is 2. The summed E-state index contributed by atoms with van der Waals surface area (Å²) in [5.41, 5.74) is 10.2. The van der Waals surface area contributed by atoms with Crippen molar-refractivity contribution in [2.75, 3.05) is 18.8 Å². The van der Waals surface area contributed by atoms with E-state index < -0.39 is 10.0 Å². The van der Waals surface area contributed by atoms with Crippen molar-refractivity contribution in [1.29, 1.82) is 0 Å². The zero-order valence-corrected chi connectivity index (χ0v) is 10.3. The molecule has 0 saturated carbocycles. The van der Waals surface area contributed by atoms with Gasteiger partial charge in [-0.1, -0.05) is 0 Å². The molecule has 0 aliphatic carbocycles. The predicted molar refractivity (Wildman–Crippen MR) is 63.1 cm³/mol. The zero-order valence-electron chi connectivity index (χ0n) is 9.44. The first-order chi connectivity index (χ1) is 7.48. The lowest BCUT2D eigenvalue weighted by molar-refractivity contribution is -0.118. The summed E-state index contributed by atoms with van der Waals surface area (Å²) in [4.78, 5) is 10.4. The molecule has 0 heterocycles. The van der Waals surface area contributed by atoms with Crippen LogP contribution in [0.25, 0.3) is 0 Å². The Balaban J connectivity index is 3.54.